The van der Waals surface area contributed by atoms with Gasteiger partial charge in [0, 0.05) is 24.6 Å². The molecule has 0 spiro atoms. The smallest absolute Gasteiger partial charge is 0.249 e. The van der Waals surface area contributed by atoms with Gasteiger partial charge in [0.25, 0.3) is 0 Å². The van der Waals surface area contributed by atoms with Gasteiger partial charge in [-0.05, 0) is 42.2 Å². The van der Waals surface area contributed by atoms with Gasteiger partial charge in [0.2, 0.25) is 5.95 Å². The van der Waals surface area contributed by atoms with Crippen LogP contribution in [-0.2, 0) is 13.0 Å². The molecule has 0 radical (unpaired) electrons. The third-order valence-corrected chi connectivity index (χ3v) is 3.76. The molecule has 0 saturated heterocycles. The molecule has 0 atom stereocenters. The fourth-order valence-electron chi connectivity index (χ4n) is 2.45. The van der Waals surface area contributed by atoms with Crippen LogP contribution < -0.4 is 10.6 Å². The maximum absolute atomic E-state index is 4.49. The third-order valence-electron chi connectivity index (χ3n) is 3.76. The summed E-state index contributed by atoms with van der Waals surface area (Å²) in [6.45, 7) is 4.86. The lowest BCUT2D eigenvalue weighted by atomic mass is 10.1. The first-order chi connectivity index (χ1) is 11.8. The highest BCUT2D eigenvalue weighted by molar-refractivity contribution is 5.63. The number of aromatic nitrogens is 4. The van der Waals surface area contributed by atoms with Crippen LogP contribution in [0.4, 0.5) is 17.5 Å². The molecular weight excluding hydrogens is 300 g/mol. The van der Waals surface area contributed by atoms with Gasteiger partial charge >= 0.3 is 0 Å². The Balaban J connectivity index is 1.74. The minimum atomic E-state index is 0.485. The van der Waals surface area contributed by atoms with Gasteiger partial charge < -0.3 is 10.6 Å². The number of nitrogens with zero attached hydrogens (tertiary/aromatic N) is 4. The maximum Gasteiger partial charge on any atom is 0.249 e. The second kappa shape index (κ2) is 7.50. The van der Waals surface area contributed by atoms with Crippen molar-refractivity contribution in [3.63, 3.8) is 0 Å². The van der Waals surface area contributed by atoms with E-state index < -0.39 is 0 Å². The normalized spacial score (nSPS) is 10.4. The van der Waals surface area contributed by atoms with Crippen LogP contribution in [0.1, 0.15) is 23.6 Å². The van der Waals surface area contributed by atoms with E-state index in [-0.39, 0.29) is 0 Å². The van der Waals surface area contributed by atoms with Crippen LogP contribution in [-0.4, -0.2) is 20.2 Å². The monoisotopic (exact) mass is 320 g/mol. The molecule has 2 N–H and O–H groups in total. The lowest BCUT2D eigenvalue weighted by Crippen LogP contribution is -2.07. The third kappa shape index (κ3) is 3.84. The number of pyridine rings is 1. The molecule has 122 valence electrons. The zero-order chi connectivity index (χ0) is 16.8. The van der Waals surface area contributed by atoms with Gasteiger partial charge in [-0.1, -0.05) is 25.1 Å². The minimum absolute atomic E-state index is 0.485. The Morgan fingerprint density at radius 2 is 1.92 bits per heavy atom. The molecule has 6 heteroatoms. The molecule has 0 unspecified atom stereocenters. The van der Waals surface area contributed by atoms with Gasteiger partial charge in [-0.3, -0.25) is 4.98 Å². The SMILES string of the molecule is CCc1cccc(C)c1Nc1nncc(NCc2ccncc2)n1. The van der Waals surface area contributed by atoms with E-state index in [2.05, 4.69) is 62.8 Å². The number of rotatable bonds is 6. The summed E-state index contributed by atoms with van der Waals surface area (Å²) in [6, 6.07) is 10.2. The number of benzene rings is 1. The Bertz CT molecular complexity index is 804. The Morgan fingerprint density at radius 1 is 1.08 bits per heavy atom. The summed E-state index contributed by atoms with van der Waals surface area (Å²) < 4.78 is 0. The van der Waals surface area contributed by atoms with Crippen molar-refractivity contribution in [3.05, 3.63) is 65.6 Å². The van der Waals surface area contributed by atoms with Crippen LogP contribution in [0.15, 0.2) is 48.9 Å². The van der Waals surface area contributed by atoms with Crippen molar-refractivity contribution in [2.24, 2.45) is 0 Å². The Labute approximate surface area is 141 Å². The molecular formula is C18H20N6. The molecule has 0 amide bonds. The van der Waals surface area contributed by atoms with Crippen LogP contribution in [0, 0.1) is 6.92 Å². The first kappa shape index (κ1) is 15.9. The fraction of sp³-hybridized carbons (Fsp3) is 0.222. The van der Waals surface area contributed by atoms with E-state index in [9.17, 15) is 0 Å². The van der Waals surface area contributed by atoms with E-state index in [4.69, 9.17) is 0 Å². The number of anilines is 3. The fourth-order valence-corrected chi connectivity index (χ4v) is 2.45. The Hall–Kier alpha value is -3.02. The molecule has 0 aliphatic carbocycles. The number of para-hydroxylation sites is 1. The molecule has 0 aliphatic rings. The maximum atomic E-state index is 4.49. The van der Waals surface area contributed by atoms with Gasteiger partial charge in [0.05, 0.1) is 6.20 Å². The van der Waals surface area contributed by atoms with E-state index >= 15 is 0 Å². The predicted octanol–water partition coefficient (Wildman–Crippen LogP) is 3.49. The Kier molecular flexibility index (Phi) is 4.96. The van der Waals surface area contributed by atoms with Crippen LogP contribution in [0.25, 0.3) is 0 Å². The summed E-state index contributed by atoms with van der Waals surface area (Å²) in [6.07, 6.45) is 6.10. The first-order valence-electron chi connectivity index (χ1n) is 7.94. The van der Waals surface area contributed by atoms with Crippen molar-refractivity contribution in [1.82, 2.24) is 20.2 Å². The molecule has 0 fully saturated rings. The van der Waals surface area contributed by atoms with E-state index in [1.54, 1.807) is 18.6 Å². The van der Waals surface area contributed by atoms with Gasteiger partial charge in [-0.25, -0.2) is 0 Å². The van der Waals surface area contributed by atoms with Crippen LogP contribution in [0.5, 0.6) is 0 Å². The van der Waals surface area contributed by atoms with Gasteiger partial charge in [-0.15, -0.1) is 5.10 Å². The van der Waals surface area contributed by atoms with E-state index in [1.807, 2.05) is 12.1 Å². The molecule has 0 saturated carbocycles. The van der Waals surface area contributed by atoms with E-state index in [1.165, 1.54) is 5.56 Å². The van der Waals surface area contributed by atoms with Crippen molar-refractivity contribution >= 4 is 17.5 Å². The summed E-state index contributed by atoms with van der Waals surface area (Å²) in [4.78, 5) is 8.50. The highest BCUT2D eigenvalue weighted by Gasteiger charge is 2.07. The van der Waals surface area contributed by atoms with Gasteiger partial charge in [0.15, 0.2) is 5.82 Å². The topological polar surface area (TPSA) is 75.6 Å². The zero-order valence-electron chi connectivity index (χ0n) is 13.8. The quantitative estimate of drug-likeness (QED) is 0.724. The van der Waals surface area contributed by atoms with E-state index in [0.29, 0.717) is 18.3 Å². The standard InChI is InChI=1S/C18H20N6/c1-3-15-6-4-5-13(2)17(15)23-18-22-16(12-21-24-18)20-11-14-7-9-19-10-8-14/h4-10,12H,3,11H2,1-2H3,(H2,20,22,23,24). The second-order valence-electron chi connectivity index (χ2n) is 5.46. The van der Waals surface area contributed by atoms with Gasteiger partial charge in [0.1, 0.15) is 0 Å². The predicted molar refractivity (Wildman–Crippen MR) is 95.2 cm³/mol. The molecule has 6 nitrogen and oxygen atoms in total. The second-order valence-corrected chi connectivity index (χ2v) is 5.46. The highest BCUT2D eigenvalue weighted by atomic mass is 15.3. The lowest BCUT2D eigenvalue weighted by molar-refractivity contribution is 0.962. The minimum Gasteiger partial charge on any atom is -0.365 e. The first-order valence-corrected chi connectivity index (χ1v) is 7.94. The summed E-state index contributed by atoms with van der Waals surface area (Å²) in [7, 11) is 0. The summed E-state index contributed by atoms with van der Waals surface area (Å²) in [5, 5.41) is 14.7. The average molecular weight is 320 g/mol. The summed E-state index contributed by atoms with van der Waals surface area (Å²) in [5.41, 5.74) is 4.57. The largest absolute Gasteiger partial charge is 0.365 e. The molecule has 3 rings (SSSR count). The van der Waals surface area contributed by atoms with Crippen LogP contribution >= 0.6 is 0 Å². The number of aryl methyl sites for hydroxylation is 2. The number of hydrogen-bond acceptors (Lipinski definition) is 6. The van der Waals surface area contributed by atoms with Crippen molar-refractivity contribution in [3.8, 4) is 0 Å². The molecule has 1 aromatic carbocycles. The highest BCUT2D eigenvalue weighted by Crippen LogP contribution is 2.23. The van der Waals surface area contributed by atoms with E-state index in [0.717, 1.165) is 23.2 Å². The van der Waals surface area contributed by atoms with Crippen molar-refractivity contribution in [2.45, 2.75) is 26.8 Å². The molecule has 2 aromatic heterocycles. The van der Waals surface area contributed by atoms with Crippen LogP contribution in [0.3, 0.4) is 0 Å². The molecule has 2 heterocycles. The van der Waals surface area contributed by atoms with Crippen molar-refractivity contribution in [2.75, 3.05) is 10.6 Å². The van der Waals surface area contributed by atoms with Crippen LogP contribution in [0.2, 0.25) is 0 Å². The number of hydrogen-bond donors (Lipinski definition) is 2. The molecule has 3 aromatic rings. The number of nitrogens with one attached hydrogen (secondary N) is 2. The molecule has 0 bridgehead atoms. The summed E-state index contributed by atoms with van der Waals surface area (Å²) >= 11 is 0. The lowest BCUT2D eigenvalue weighted by Gasteiger charge is -2.13. The van der Waals surface area contributed by atoms with Gasteiger partial charge in [-0.2, -0.15) is 10.1 Å². The zero-order valence-corrected chi connectivity index (χ0v) is 13.8. The van der Waals surface area contributed by atoms with Crippen molar-refractivity contribution < 1.29 is 0 Å². The Morgan fingerprint density at radius 3 is 2.71 bits per heavy atom. The summed E-state index contributed by atoms with van der Waals surface area (Å²) in [5.74, 6) is 1.16. The molecule has 0 aliphatic heterocycles. The average Bonchev–Trinajstić information content (AvgIpc) is 2.63. The molecule has 24 heavy (non-hydrogen) atoms. The van der Waals surface area contributed by atoms with Crippen molar-refractivity contribution in [1.29, 1.82) is 0 Å².